The summed E-state index contributed by atoms with van der Waals surface area (Å²) in [6.07, 6.45) is 1.28. The van der Waals surface area contributed by atoms with Crippen molar-refractivity contribution in [3.05, 3.63) is 0 Å². The van der Waals surface area contributed by atoms with Gasteiger partial charge in [-0.05, 0) is 38.8 Å². The zero-order chi connectivity index (χ0) is 12.7. The molecular weight excluding hydrogens is 196 g/mol. The van der Waals surface area contributed by atoms with Crippen molar-refractivity contribution in [1.29, 1.82) is 0 Å². The van der Waals surface area contributed by atoms with Crippen molar-refractivity contribution in [1.82, 2.24) is 10.2 Å². The summed E-state index contributed by atoms with van der Waals surface area (Å²) in [6, 6.07) is 1.32. The van der Waals surface area contributed by atoms with Crippen LogP contribution in [0.4, 0.5) is 0 Å². The van der Waals surface area contributed by atoms with Crippen LogP contribution in [0.25, 0.3) is 0 Å². The largest absolute Gasteiger partial charge is 0.315 e. The normalized spacial score (nSPS) is 16.1. The molecule has 2 atom stereocenters. The molecule has 0 spiro atoms. The molecule has 2 unspecified atom stereocenters. The molecule has 1 N–H and O–H groups in total. The standard InChI is InChI=1S/C14H32N2/c1-8-15-10-14(12(4)5)16(7)13(6)9-11(2)3/h11-15H,8-10H2,1-7H3. The van der Waals surface area contributed by atoms with Gasteiger partial charge in [-0.3, -0.25) is 4.90 Å². The smallest absolute Gasteiger partial charge is 0.0243 e. The summed E-state index contributed by atoms with van der Waals surface area (Å²) in [5.74, 6) is 1.49. The lowest BCUT2D eigenvalue weighted by Gasteiger charge is -2.36. The Hall–Kier alpha value is -0.0800. The SMILES string of the molecule is CCNCC(C(C)C)N(C)C(C)CC(C)C. The molecule has 0 bridgehead atoms. The average Bonchev–Trinajstić information content (AvgIpc) is 2.16. The van der Waals surface area contributed by atoms with E-state index < -0.39 is 0 Å². The molecule has 0 fully saturated rings. The monoisotopic (exact) mass is 228 g/mol. The number of nitrogens with one attached hydrogen (secondary N) is 1. The number of hydrogen-bond donors (Lipinski definition) is 1. The first-order valence-corrected chi connectivity index (χ1v) is 6.82. The van der Waals surface area contributed by atoms with Gasteiger partial charge in [0.25, 0.3) is 0 Å². The fourth-order valence-corrected chi connectivity index (χ4v) is 2.32. The van der Waals surface area contributed by atoms with Crippen molar-refractivity contribution in [3.63, 3.8) is 0 Å². The average molecular weight is 228 g/mol. The van der Waals surface area contributed by atoms with Gasteiger partial charge in [0.05, 0.1) is 0 Å². The van der Waals surface area contributed by atoms with Crippen LogP contribution in [-0.4, -0.2) is 37.1 Å². The summed E-state index contributed by atoms with van der Waals surface area (Å²) in [4.78, 5) is 2.55. The number of nitrogens with zero attached hydrogens (tertiary/aromatic N) is 1. The molecule has 16 heavy (non-hydrogen) atoms. The lowest BCUT2D eigenvalue weighted by atomic mass is 9.98. The summed E-state index contributed by atoms with van der Waals surface area (Å²) in [6.45, 7) is 15.9. The Morgan fingerprint density at radius 1 is 1.06 bits per heavy atom. The van der Waals surface area contributed by atoms with Crippen LogP contribution in [-0.2, 0) is 0 Å². The molecule has 0 aromatic heterocycles. The number of likely N-dealkylation sites (N-methyl/N-ethyl adjacent to an activating group) is 2. The van der Waals surface area contributed by atoms with E-state index in [1.54, 1.807) is 0 Å². The highest BCUT2D eigenvalue weighted by atomic mass is 15.2. The number of rotatable bonds is 8. The molecule has 0 aliphatic heterocycles. The van der Waals surface area contributed by atoms with Crippen LogP contribution in [0.1, 0.15) is 48.0 Å². The molecule has 0 saturated heterocycles. The van der Waals surface area contributed by atoms with Crippen LogP contribution < -0.4 is 5.32 Å². The van der Waals surface area contributed by atoms with Gasteiger partial charge in [0.2, 0.25) is 0 Å². The fraction of sp³-hybridized carbons (Fsp3) is 1.00. The van der Waals surface area contributed by atoms with E-state index >= 15 is 0 Å². The molecule has 0 saturated carbocycles. The lowest BCUT2D eigenvalue weighted by Crippen LogP contribution is -2.47. The third-order valence-corrected chi connectivity index (χ3v) is 3.40. The highest BCUT2D eigenvalue weighted by Gasteiger charge is 2.22. The van der Waals surface area contributed by atoms with Crippen molar-refractivity contribution in [2.75, 3.05) is 20.1 Å². The van der Waals surface area contributed by atoms with Gasteiger partial charge in [-0.25, -0.2) is 0 Å². The Labute approximate surface area is 103 Å². The van der Waals surface area contributed by atoms with Crippen molar-refractivity contribution in [3.8, 4) is 0 Å². The lowest BCUT2D eigenvalue weighted by molar-refractivity contribution is 0.128. The minimum Gasteiger partial charge on any atom is -0.315 e. The second kappa shape index (κ2) is 8.08. The van der Waals surface area contributed by atoms with Crippen LogP contribution in [0.15, 0.2) is 0 Å². The Bertz CT molecular complexity index is 166. The molecule has 98 valence electrons. The Kier molecular flexibility index (Phi) is 8.04. The zero-order valence-electron chi connectivity index (χ0n) is 12.4. The summed E-state index contributed by atoms with van der Waals surface area (Å²) < 4.78 is 0. The van der Waals surface area contributed by atoms with Crippen LogP contribution in [0.2, 0.25) is 0 Å². The fourth-order valence-electron chi connectivity index (χ4n) is 2.32. The van der Waals surface area contributed by atoms with Crippen molar-refractivity contribution in [2.24, 2.45) is 11.8 Å². The molecule has 0 aliphatic rings. The molecular formula is C14H32N2. The van der Waals surface area contributed by atoms with E-state index in [0.29, 0.717) is 18.0 Å². The van der Waals surface area contributed by atoms with Crippen molar-refractivity contribution < 1.29 is 0 Å². The first-order chi connectivity index (χ1) is 7.40. The molecule has 2 heteroatoms. The number of hydrogen-bond acceptors (Lipinski definition) is 2. The summed E-state index contributed by atoms with van der Waals surface area (Å²) >= 11 is 0. The third-order valence-electron chi connectivity index (χ3n) is 3.40. The Morgan fingerprint density at radius 3 is 2.00 bits per heavy atom. The minimum absolute atomic E-state index is 0.647. The van der Waals surface area contributed by atoms with Gasteiger partial charge in [-0.2, -0.15) is 0 Å². The quantitative estimate of drug-likeness (QED) is 0.687. The van der Waals surface area contributed by atoms with E-state index in [4.69, 9.17) is 0 Å². The minimum atomic E-state index is 0.647. The second-order valence-electron chi connectivity index (χ2n) is 5.76. The van der Waals surface area contributed by atoms with E-state index in [-0.39, 0.29) is 0 Å². The van der Waals surface area contributed by atoms with E-state index in [9.17, 15) is 0 Å². The molecule has 0 aromatic rings. The van der Waals surface area contributed by atoms with Crippen LogP contribution in [0.3, 0.4) is 0 Å². The maximum absolute atomic E-state index is 3.48. The van der Waals surface area contributed by atoms with Gasteiger partial charge in [-0.1, -0.05) is 34.6 Å². The van der Waals surface area contributed by atoms with E-state index in [1.165, 1.54) is 6.42 Å². The van der Waals surface area contributed by atoms with Crippen LogP contribution in [0, 0.1) is 11.8 Å². The predicted molar refractivity (Wildman–Crippen MR) is 73.8 cm³/mol. The maximum atomic E-state index is 3.48. The topological polar surface area (TPSA) is 15.3 Å². The molecule has 0 aromatic carbocycles. The predicted octanol–water partition coefficient (Wildman–Crippen LogP) is 2.99. The van der Waals surface area contributed by atoms with Gasteiger partial charge < -0.3 is 5.32 Å². The van der Waals surface area contributed by atoms with Gasteiger partial charge in [0, 0.05) is 18.6 Å². The van der Waals surface area contributed by atoms with Gasteiger partial charge >= 0.3 is 0 Å². The van der Waals surface area contributed by atoms with E-state index in [0.717, 1.165) is 19.0 Å². The Balaban J connectivity index is 4.29. The van der Waals surface area contributed by atoms with Gasteiger partial charge in [0.1, 0.15) is 0 Å². The first-order valence-electron chi connectivity index (χ1n) is 6.82. The molecule has 0 amide bonds. The maximum Gasteiger partial charge on any atom is 0.0243 e. The summed E-state index contributed by atoms with van der Waals surface area (Å²) in [5, 5.41) is 3.48. The highest BCUT2D eigenvalue weighted by Crippen LogP contribution is 2.16. The molecule has 0 aliphatic carbocycles. The molecule has 0 heterocycles. The Morgan fingerprint density at radius 2 is 1.62 bits per heavy atom. The van der Waals surface area contributed by atoms with Crippen LogP contribution >= 0.6 is 0 Å². The third kappa shape index (κ3) is 5.86. The first kappa shape index (κ1) is 15.9. The molecule has 2 nitrogen and oxygen atoms in total. The zero-order valence-corrected chi connectivity index (χ0v) is 12.4. The molecule has 0 radical (unpaired) electrons. The second-order valence-corrected chi connectivity index (χ2v) is 5.76. The van der Waals surface area contributed by atoms with Gasteiger partial charge in [-0.15, -0.1) is 0 Å². The summed E-state index contributed by atoms with van der Waals surface area (Å²) in [5.41, 5.74) is 0. The van der Waals surface area contributed by atoms with Crippen molar-refractivity contribution in [2.45, 2.75) is 60.0 Å². The van der Waals surface area contributed by atoms with E-state index in [2.05, 4.69) is 58.8 Å². The van der Waals surface area contributed by atoms with E-state index in [1.807, 2.05) is 0 Å². The van der Waals surface area contributed by atoms with Crippen LogP contribution in [0.5, 0.6) is 0 Å². The summed E-state index contributed by atoms with van der Waals surface area (Å²) in [7, 11) is 2.27. The van der Waals surface area contributed by atoms with Gasteiger partial charge in [0.15, 0.2) is 0 Å². The van der Waals surface area contributed by atoms with Crippen molar-refractivity contribution >= 4 is 0 Å². The molecule has 0 rings (SSSR count). The highest BCUT2D eigenvalue weighted by molar-refractivity contribution is 4.79.